The van der Waals surface area contributed by atoms with Crippen molar-refractivity contribution < 1.29 is 13.2 Å². The maximum Gasteiger partial charge on any atom is 0.416 e. The van der Waals surface area contributed by atoms with Gasteiger partial charge in [-0.25, -0.2) is 4.98 Å². The van der Waals surface area contributed by atoms with E-state index in [4.69, 9.17) is 0 Å². The number of nitrogens with one attached hydrogen (secondary N) is 1. The second kappa shape index (κ2) is 5.93. The fourth-order valence-corrected chi connectivity index (χ4v) is 2.59. The average Bonchev–Trinajstić information content (AvgIpc) is 2.82. The van der Waals surface area contributed by atoms with Crippen LogP contribution in [0.3, 0.4) is 0 Å². The zero-order valence-electron chi connectivity index (χ0n) is 11.2. The third-order valence-electron chi connectivity index (χ3n) is 2.88. The number of hydrogen-bond donors (Lipinski definition) is 1. The summed E-state index contributed by atoms with van der Waals surface area (Å²) < 4.78 is 37.8. The SMILES string of the molecule is Cc1cnc(C(C)NCc2cccc(C(F)(F)F)c2)s1. The Hall–Kier alpha value is -1.40. The maximum absolute atomic E-state index is 12.6. The Balaban J connectivity index is 2.00. The maximum atomic E-state index is 12.6. The molecule has 0 spiro atoms. The molecule has 0 aliphatic rings. The lowest BCUT2D eigenvalue weighted by Gasteiger charge is -2.12. The number of halogens is 3. The highest BCUT2D eigenvalue weighted by molar-refractivity contribution is 7.11. The molecule has 0 amide bonds. The third kappa shape index (κ3) is 3.80. The number of aryl methyl sites for hydroxylation is 1. The zero-order chi connectivity index (χ0) is 14.8. The highest BCUT2D eigenvalue weighted by Crippen LogP contribution is 2.29. The van der Waals surface area contributed by atoms with Crippen LogP contribution in [-0.2, 0) is 12.7 Å². The van der Waals surface area contributed by atoms with E-state index in [1.54, 1.807) is 23.6 Å². The quantitative estimate of drug-likeness (QED) is 0.909. The van der Waals surface area contributed by atoms with Gasteiger partial charge in [-0.3, -0.25) is 0 Å². The summed E-state index contributed by atoms with van der Waals surface area (Å²) in [5.74, 6) is 0. The Bertz CT molecular complexity index is 578. The Morgan fingerprint density at radius 3 is 2.70 bits per heavy atom. The third-order valence-corrected chi connectivity index (χ3v) is 3.97. The van der Waals surface area contributed by atoms with Gasteiger partial charge in [-0.1, -0.05) is 18.2 Å². The molecule has 0 aliphatic heterocycles. The lowest BCUT2D eigenvalue weighted by Crippen LogP contribution is -2.18. The monoisotopic (exact) mass is 300 g/mol. The van der Waals surface area contributed by atoms with Gasteiger partial charge in [-0.15, -0.1) is 11.3 Å². The van der Waals surface area contributed by atoms with Crippen molar-refractivity contribution in [2.75, 3.05) is 0 Å². The molecule has 2 rings (SSSR count). The molecule has 2 nitrogen and oxygen atoms in total. The smallest absolute Gasteiger partial charge is 0.304 e. The molecule has 6 heteroatoms. The van der Waals surface area contributed by atoms with Crippen molar-refractivity contribution in [1.29, 1.82) is 0 Å². The number of nitrogens with zero attached hydrogens (tertiary/aromatic N) is 1. The summed E-state index contributed by atoms with van der Waals surface area (Å²) in [6.45, 7) is 4.30. The number of aromatic nitrogens is 1. The fraction of sp³-hybridized carbons (Fsp3) is 0.357. The van der Waals surface area contributed by atoms with Gasteiger partial charge in [0.05, 0.1) is 11.6 Å². The van der Waals surface area contributed by atoms with Crippen LogP contribution in [0.1, 0.15) is 34.0 Å². The normalized spacial score (nSPS) is 13.4. The highest BCUT2D eigenvalue weighted by Gasteiger charge is 2.30. The Kier molecular flexibility index (Phi) is 4.45. The first kappa shape index (κ1) is 15.0. The van der Waals surface area contributed by atoms with Crippen LogP contribution in [0.2, 0.25) is 0 Å². The average molecular weight is 300 g/mol. The molecule has 108 valence electrons. The Morgan fingerprint density at radius 2 is 2.10 bits per heavy atom. The number of alkyl halides is 3. The van der Waals surface area contributed by atoms with Crippen LogP contribution in [0.15, 0.2) is 30.5 Å². The van der Waals surface area contributed by atoms with Crippen LogP contribution in [0.4, 0.5) is 13.2 Å². The van der Waals surface area contributed by atoms with E-state index in [1.165, 1.54) is 12.1 Å². The predicted octanol–water partition coefficient (Wildman–Crippen LogP) is 4.32. The van der Waals surface area contributed by atoms with Crippen molar-refractivity contribution in [3.63, 3.8) is 0 Å². The molecule has 1 heterocycles. The molecule has 0 bridgehead atoms. The summed E-state index contributed by atoms with van der Waals surface area (Å²) in [7, 11) is 0. The first-order chi connectivity index (χ1) is 9.36. The Morgan fingerprint density at radius 1 is 1.35 bits per heavy atom. The van der Waals surface area contributed by atoms with Crippen molar-refractivity contribution in [3.8, 4) is 0 Å². The first-order valence-electron chi connectivity index (χ1n) is 6.18. The van der Waals surface area contributed by atoms with Crippen LogP contribution in [0, 0.1) is 6.92 Å². The molecule has 1 atom stereocenters. The van der Waals surface area contributed by atoms with E-state index in [2.05, 4.69) is 10.3 Å². The second-order valence-corrected chi connectivity index (χ2v) is 5.88. The van der Waals surface area contributed by atoms with E-state index < -0.39 is 11.7 Å². The van der Waals surface area contributed by atoms with Crippen LogP contribution < -0.4 is 5.32 Å². The minimum atomic E-state index is -4.30. The summed E-state index contributed by atoms with van der Waals surface area (Å²) in [6.07, 6.45) is -2.50. The molecule has 1 N–H and O–H groups in total. The van der Waals surface area contributed by atoms with Gasteiger partial charge >= 0.3 is 6.18 Å². The van der Waals surface area contributed by atoms with Crippen molar-refractivity contribution in [1.82, 2.24) is 10.3 Å². The molecule has 1 unspecified atom stereocenters. The molecule has 0 aliphatic carbocycles. The number of rotatable bonds is 4. The summed E-state index contributed by atoms with van der Waals surface area (Å²) >= 11 is 1.58. The molecular formula is C14H15F3N2S. The second-order valence-electron chi connectivity index (χ2n) is 4.61. The summed E-state index contributed by atoms with van der Waals surface area (Å²) in [5.41, 5.74) is -0.00509. The van der Waals surface area contributed by atoms with E-state index in [9.17, 15) is 13.2 Å². The van der Waals surface area contributed by atoms with E-state index in [0.717, 1.165) is 16.0 Å². The lowest BCUT2D eigenvalue weighted by molar-refractivity contribution is -0.137. The van der Waals surface area contributed by atoms with Crippen LogP contribution in [0.25, 0.3) is 0 Å². The van der Waals surface area contributed by atoms with Crippen molar-refractivity contribution in [2.45, 2.75) is 32.6 Å². The Labute approximate surface area is 119 Å². The standard InChI is InChI=1S/C14H15F3N2S/c1-9-7-19-13(20-9)10(2)18-8-11-4-3-5-12(6-11)14(15,16)17/h3-7,10,18H,8H2,1-2H3. The van der Waals surface area contributed by atoms with Crippen molar-refractivity contribution in [2.24, 2.45) is 0 Å². The summed E-state index contributed by atoms with van der Waals surface area (Å²) in [4.78, 5) is 5.38. The van der Waals surface area contributed by atoms with E-state index in [1.807, 2.05) is 13.8 Å². The molecule has 2 aromatic rings. The molecule has 1 aromatic heterocycles. The van der Waals surface area contributed by atoms with Gasteiger partial charge in [0.2, 0.25) is 0 Å². The van der Waals surface area contributed by atoms with Gasteiger partial charge in [-0.05, 0) is 25.5 Å². The molecule has 0 saturated carbocycles. The minimum absolute atomic E-state index is 0.0169. The molecule has 20 heavy (non-hydrogen) atoms. The van der Waals surface area contributed by atoms with E-state index >= 15 is 0 Å². The topological polar surface area (TPSA) is 24.9 Å². The minimum Gasteiger partial charge on any atom is -0.304 e. The van der Waals surface area contributed by atoms with Gasteiger partial charge in [0.1, 0.15) is 5.01 Å². The van der Waals surface area contributed by atoms with Gasteiger partial charge in [0.15, 0.2) is 0 Å². The molecular weight excluding hydrogens is 285 g/mol. The van der Waals surface area contributed by atoms with E-state index in [-0.39, 0.29) is 6.04 Å². The molecule has 0 saturated heterocycles. The number of benzene rings is 1. The number of thiazole rings is 1. The van der Waals surface area contributed by atoms with Gasteiger partial charge < -0.3 is 5.32 Å². The predicted molar refractivity (Wildman–Crippen MR) is 73.5 cm³/mol. The largest absolute Gasteiger partial charge is 0.416 e. The van der Waals surface area contributed by atoms with Gasteiger partial charge in [-0.2, -0.15) is 13.2 Å². The van der Waals surface area contributed by atoms with Crippen LogP contribution >= 0.6 is 11.3 Å². The first-order valence-corrected chi connectivity index (χ1v) is 7.00. The summed E-state index contributed by atoms with van der Waals surface area (Å²) in [6, 6.07) is 5.38. The summed E-state index contributed by atoms with van der Waals surface area (Å²) in [5, 5.41) is 4.13. The zero-order valence-corrected chi connectivity index (χ0v) is 12.0. The van der Waals surface area contributed by atoms with E-state index in [0.29, 0.717) is 12.1 Å². The van der Waals surface area contributed by atoms with Gasteiger partial charge in [0, 0.05) is 17.6 Å². The number of hydrogen-bond acceptors (Lipinski definition) is 3. The highest BCUT2D eigenvalue weighted by atomic mass is 32.1. The molecule has 0 radical (unpaired) electrons. The van der Waals surface area contributed by atoms with Crippen LogP contribution in [0.5, 0.6) is 0 Å². The van der Waals surface area contributed by atoms with Gasteiger partial charge in [0.25, 0.3) is 0 Å². The van der Waals surface area contributed by atoms with Crippen molar-refractivity contribution in [3.05, 3.63) is 51.5 Å². The lowest BCUT2D eigenvalue weighted by atomic mass is 10.1. The molecule has 0 fully saturated rings. The fourth-order valence-electron chi connectivity index (χ4n) is 1.79. The van der Waals surface area contributed by atoms with Crippen LogP contribution in [-0.4, -0.2) is 4.98 Å². The van der Waals surface area contributed by atoms with Crippen molar-refractivity contribution >= 4 is 11.3 Å². The molecule has 1 aromatic carbocycles.